The zero-order chi connectivity index (χ0) is 19.3. The molecule has 1 aliphatic heterocycles. The molecule has 7 heteroatoms. The van der Waals surface area contributed by atoms with Gasteiger partial charge in [0.2, 0.25) is 0 Å². The van der Waals surface area contributed by atoms with Crippen LogP contribution in [0.3, 0.4) is 0 Å². The monoisotopic (exact) mass is 375 g/mol. The van der Waals surface area contributed by atoms with Crippen molar-refractivity contribution in [1.82, 2.24) is 25.1 Å². The van der Waals surface area contributed by atoms with Gasteiger partial charge < -0.3 is 9.80 Å². The van der Waals surface area contributed by atoms with Crippen molar-refractivity contribution in [2.45, 2.75) is 32.2 Å². The van der Waals surface area contributed by atoms with Gasteiger partial charge in [0.15, 0.2) is 11.6 Å². The van der Waals surface area contributed by atoms with Gasteiger partial charge >= 0.3 is 0 Å². The zero-order valence-corrected chi connectivity index (χ0v) is 16.4. The number of hydrogen-bond donors (Lipinski definition) is 0. The summed E-state index contributed by atoms with van der Waals surface area (Å²) in [4.78, 5) is 18.3. The molecule has 28 heavy (non-hydrogen) atoms. The predicted octanol–water partition coefficient (Wildman–Crippen LogP) is 3.00. The lowest BCUT2D eigenvalue weighted by atomic mass is 10.0. The Morgan fingerprint density at radius 3 is 2.75 bits per heavy atom. The van der Waals surface area contributed by atoms with E-state index in [0.29, 0.717) is 6.04 Å². The highest BCUT2D eigenvalue weighted by Crippen LogP contribution is 2.25. The van der Waals surface area contributed by atoms with Crippen LogP contribution < -0.4 is 9.80 Å². The molecule has 1 saturated heterocycles. The third-order valence-electron chi connectivity index (χ3n) is 5.25. The van der Waals surface area contributed by atoms with Crippen LogP contribution in [-0.4, -0.2) is 51.3 Å². The topological polar surface area (TPSA) is 70.9 Å². The van der Waals surface area contributed by atoms with Crippen LogP contribution >= 0.6 is 0 Å². The van der Waals surface area contributed by atoms with Gasteiger partial charge in [0.05, 0.1) is 0 Å². The second kappa shape index (κ2) is 8.29. The van der Waals surface area contributed by atoms with E-state index in [0.717, 1.165) is 61.1 Å². The fourth-order valence-corrected chi connectivity index (χ4v) is 3.60. The number of nitrogens with zero attached hydrogens (tertiary/aromatic N) is 7. The Balaban J connectivity index is 1.59. The Kier molecular flexibility index (Phi) is 5.41. The van der Waals surface area contributed by atoms with Gasteiger partial charge in [-0.05, 0) is 43.5 Å². The number of anilines is 2. The third-order valence-corrected chi connectivity index (χ3v) is 5.25. The van der Waals surface area contributed by atoms with Gasteiger partial charge in [0.1, 0.15) is 5.82 Å². The lowest BCUT2D eigenvalue weighted by Crippen LogP contribution is -2.47. The number of aromatic nitrogens is 5. The van der Waals surface area contributed by atoms with Gasteiger partial charge in [0.25, 0.3) is 0 Å². The summed E-state index contributed by atoms with van der Waals surface area (Å²) in [6.07, 6.45) is 8.39. The minimum Gasteiger partial charge on any atom is -0.355 e. The van der Waals surface area contributed by atoms with E-state index in [9.17, 15) is 0 Å². The Morgan fingerprint density at radius 1 is 1.14 bits per heavy atom. The first-order valence-electron chi connectivity index (χ1n) is 9.78. The first-order valence-corrected chi connectivity index (χ1v) is 9.78. The molecule has 1 fully saturated rings. The summed E-state index contributed by atoms with van der Waals surface area (Å²) in [6, 6.07) is 10.3. The van der Waals surface area contributed by atoms with Crippen LogP contribution in [0, 0.1) is 0 Å². The van der Waals surface area contributed by atoms with Crippen LogP contribution in [0.5, 0.6) is 0 Å². The highest BCUT2D eigenvalue weighted by atomic mass is 15.3. The van der Waals surface area contributed by atoms with Crippen LogP contribution in [0.4, 0.5) is 11.6 Å². The summed E-state index contributed by atoms with van der Waals surface area (Å²) in [5.41, 5.74) is 2.04. The zero-order valence-electron chi connectivity index (χ0n) is 16.4. The van der Waals surface area contributed by atoms with Crippen molar-refractivity contribution in [2.75, 3.05) is 29.9 Å². The number of hydrogen-bond acceptors (Lipinski definition) is 7. The predicted molar refractivity (Wildman–Crippen MR) is 110 cm³/mol. The molecule has 0 saturated carbocycles. The lowest BCUT2D eigenvalue weighted by Gasteiger charge is -2.38. The first-order chi connectivity index (χ1) is 13.7. The van der Waals surface area contributed by atoms with E-state index in [4.69, 9.17) is 9.97 Å². The second-order valence-corrected chi connectivity index (χ2v) is 7.07. The number of rotatable bonds is 5. The third kappa shape index (κ3) is 3.93. The summed E-state index contributed by atoms with van der Waals surface area (Å²) in [6.45, 7) is 4.04. The number of piperidine rings is 1. The molecule has 3 aromatic rings. The Bertz CT molecular complexity index is 901. The number of pyridine rings is 1. The summed E-state index contributed by atoms with van der Waals surface area (Å²) in [7, 11) is 2.13. The van der Waals surface area contributed by atoms with Gasteiger partial charge in [-0.2, -0.15) is 5.10 Å². The number of aryl methyl sites for hydroxylation is 1. The van der Waals surface area contributed by atoms with Crippen molar-refractivity contribution in [3.63, 3.8) is 0 Å². The maximum absolute atomic E-state index is 4.87. The van der Waals surface area contributed by atoms with Crippen molar-refractivity contribution in [2.24, 2.45) is 0 Å². The standard InChI is InChI=1S/C21H25N7/c1-3-17-14-20(25-21(24-17)16-8-11-22-12-9-16)27(2)18-6-5-13-28(15-18)19-7-4-10-23-26-19/h4,7-12,14,18H,3,5-6,13,15H2,1-2H3. The van der Waals surface area contributed by atoms with E-state index in [1.165, 1.54) is 0 Å². The lowest BCUT2D eigenvalue weighted by molar-refractivity contribution is 0.482. The van der Waals surface area contributed by atoms with Crippen molar-refractivity contribution in [3.8, 4) is 11.4 Å². The Hall–Kier alpha value is -3.09. The molecule has 144 valence electrons. The molecule has 0 aromatic carbocycles. The molecule has 1 unspecified atom stereocenters. The largest absolute Gasteiger partial charge is 0.355 e. The molecule has 0 spiro atoms. The molecular weight excluding hydrogens is 350 g/mol. The molecule has 7 nitrogen and oxygen atoms in total. The van der Waals surface area contributed by atoms with E-state index in [1.807, 2.05) is 24.3 Å². The Labute approximate surface area is 165 Å². The molecular formula is C21H25N7. The van der Waals surface area contributed by atoms with Gasteiger partial charge in [-0.1, -0.05) is 6.92 Å². The maximum atomic E-state index is 4.87. The smallest absolute Gasteiger partial charge is 0.161 e. The maximum Gasteiger partial charge on any atom is 0.161 e. The summed E-state index contributed by atoms with van der Waals surface area (Å²) in [5.74, 6) is 2.66. The minimum atomic E-state index is 0.362. The van der Waals surface area contributed by atoms with E-state index in [1.54, 1.807) is 18.6 Å². The molecule has 4 rings (SSSR count). The van der Waals surface area contributed by atoms with Crippen LogP contribution in [-0.2, 0) is 6.42 Å². The molecule has 4 heterocycles. The van der Waals surface area contributed by atoms with E-state index < -0.39 is 0 Å². The Morgan fingerprint density at radius 2 is 2.00 bits per heavy atom. The fraction of sp³-hybridized carbons (Fsp3) is 0.381. The van der Waals surface area contributed by atoms with Gasteiger partial charge in [0, 0.05) is 62.1 Å². The van der Waals surface area contributed by atoms with E-state index in [2.05, 4.69) is 45.0 Å². The average Bonchev–Trinajstić information content (AvgIpc) is 2.79. The van der Waals surface area contributed by atoms with Crippen LogP contribution in [0.15, 0.2) is 48.9 Å². The molecule has 0 radical (unpaired) electrons. The van der Waals surface area contributed by atoms with Crippen molar-refractivity contribution in [3.05, 3.63) is 54.6 Å². The molecule has 1 aliphatic rings. The van der Waals surface area contributed by atoms with Crippen LogP contribution in [0.2, 0.25) is 0 Å². The summed E-state index contributed by atoms with van der Waals surface area (Å²) in [5, 5.41) is 8.30. The van der Waals surface area contributed by atoms with Crippen molar-refractivity contribution < 1.29 is 0 Å². The van der Waals surface area contributed by atoms with Crippen LogP contribution in [0.25, 0.3) is 11.4 Å². The SMILES string of the molecule is CCc1cc(N(C)C2CCCN(c3cccnn3)C2)nc(-c2ccncc2)n1. The van der Waals surface area contributed by atoms with Gasteiger partial charge in [-0.15, -0.1) is 5.10 Å². The highest BCUT2D eigenvalue weighted by molar-refractivity contribution is 5.57. The quantitative estimate of drug-likeness (QED) is 0.679. The molecule has 0 N–H and O–H groups in total. The first kappa shape index (κ1) is 18.3. The van der Waals surface area contributed by atoms with E-state index in [-0.39, 0.29) is 0 Å². The van der Waals surface area contributed by atoms with E-state index >= 15 is 0 Å². The second-order valence-electron chi connectivity index (χ2n) is 7.07. The van der Waals surface area contributed by atoms with Crippen LogP contribution in [0.1, 0.15) is 25.5 Å². The van der Waals surface area contributed by atoms with Crippen molar-refractivity contribution >= 4 is 11.6 Å². The van der Waals surface area contributed by atoms with Crippen molar-refractivity contribution in [1.29, 1.82) is 0 Å². The molecule has 0 aliphatic carbocycles. The summed E-state index contributed by atoms with van der Waals surface area (Å²) < 4.78 is 0. The molecule has 3 aromatic heterocycles. The average molecular weight is 375 g/mol. The molecule has 0 bridgehead atoms. The fourth-order valence-electron chi connectivity index (χ4n) is 3.60. The summed E-state index contributed by atoms with van der Waals surface area (Å²) >= 11 is 0. The van der Waals surface area contributed by atoms with Gasteiger partial charge in [-0.25, -0.2) is 9.97 Å². The minimum absolute atomic E-state index is 0.362. The normalized spacial score (nSPS) is 16.8. The number of likely N-dealkylation sites (N-methyl/N-ethyl adjacent to an activating group) is 1. The highest BCUT2D eigenvalue weighted by Gasteiger charge is 2.25. The molecule has 0 amide bonds. The van der Waals surface area contributed by atoms with Gasteiger partial charge in [-0.3, -0.25) is 4.98 Å². The molecule has 1 atom stereocenters.